The molecule has 34 heavy (non-hydrogen) atoms. The van der Waals surface area contributed by atoms with Gasteiger partial charge in [0.25, 0.3) is 11.5 Å². The first-order chi connectivity index (χ1) is 16.5. The molecule has 1 saturated heterocycles. The number of ketones is 1. The van der Waals surface area contributed by atoms with Crippen molar-refractivity contribution >= 4 is 17.4 Å². The summed E-state index contributed by atoms with van der Waals surface area (Å²) in [5.41, 5.74) is 2.42. The zero-order valence-electron chi connectivity index (χ0n) is 18.7. The number of para-hydroxylation sites is 1. The Bertz CT molecular complexity index is 1370. The number of carbonyl (C=O) groups excluding carboxylic acids is 2. The third-order valence-electron chi connectivity index (χ3n) is 5.96. The first kappa shape index (κ1) is 21.8. The van der Waals surface area contributed by atoms with E-state index < -0.39 is 0 Å². The molecule has 0 aliphatic carbocycles. The minimum absolute atomic E-state index is 0.0387. The van der Waals surface area contributed by atoms with E-state index in [1.54, 1.807) is 48.8 Å². The highest BCUT2D eigenvalue weighted by molar-refractivity contribution is 6.08. The van der Waals surface area contributed by atoms with Crippen LogP contribution in [0.1, 0.15) is 40.5 Å². The van der Waals surface area contributed by atoms with Crippen LogP contribution in [0.4, 0.5) is 5.69 Å². The molecule has 3 heterocycles. The topological polar surface area (TPSA) is 95.2 Å². The van der Waals surface area contributed by atoms with Crippen molar-refractivity contribution in [1.29, 1.82) is 0 Å². The lowest BCUT2D eigenvalue weighted by molar-refractivity contribution is 0.0961. The van der Waals surface area contributed by atoms with Gasteiger partial charge in [-0.15, -0.1) is 0 Å². The summed E-state index contributed by atoms with van der Waals surface area (Å²) < 4.78 is 8.91. The van der Waals surface area contributed by atoms with E-state index >= 15 is 0 Å². The van der Waals surface area contributed by atoms with E-state index in [9.17, 15) is 14.4 Å². The van der Waals surface area contributed by atoms with E-state index in [0.29, 0.717) is 34.7 Å². The van der Waals surface area contributed by atoms with Crippen molar-refractivity contribution in [3.8, 4) is 16.9 Å². The van der Waals surface area contributed by atoms with E-state index in [4.69, 9.17) is 4.74 Å². The Morgan fingerprint density at radius 3 is 2.53 bits per heavy atom. The Hall–Kier alpha value is -4.04. The number of rotatable bonds is 6. The van der Waals surface area contributed by atoms with Gasteiger partial charge in [-0.05, 0) is 56.2 Å². The van der Waals surface area contributed by atoms with Gasteiger partial charge in [-0.3, -0.25) is 14.4 Å². The molecular formula is C26H24N4O4. The van der Waals surface area contributed by atoms with Gasteiger partial charge in [0, 0.05) is 36.8 Å². The highest BCUT2D eigenvalue weighted by atomic mass is 16.5. The Morgan fingerprint density at radius 2 is 1.85 bits per heavy atom. The van der Waals surface area contributed by atoms with Crippen molar-refractivity contribution in [2.45, 2.75) is 32.4 Å². The number of fused-ring (bicyclic) bond motifs is 1. The summed E-state index contributed by atoms with van der Waals surface area (Å²) in [5, 5.41) is 7.37. The Labute approximate surface area is 196 Å². The number of hydrogen-bond donors (Lipinski definition) is 1. The fraction of sp³-hybridized carbons (Fsp3) is 0.231. The summed E-state index contributed by atoms with van der Waals surface area (Å²) >= 11 is 0. The molecule has 1 unspecified atom stereocenters. The molecular weight excluding hydrogens is 432 g/mol. The van der Waals surface area contributed by atoms with Crippen molar-refractivity contribution in [2.24, 2.45) is 0 Å². The number of Topliss-reactive ketones (excluding diaryl/α,β-unsaturated/α-hetero) is 1. The summed E-state index contributed by atoms with van der Waals surface area (Å²) in [7, 11) is 0. The molecule has 2 aromatic rings. The Balaban J connectivity index is 1.55. The van der Waals surface area contributed by atoms with Crippen LogP contribution in [0.15, 0.2) is 71.8 Å². The number of amides is 1. The van der Waals surface area contributed by atoms with Gasteiger partial charge >= 0.3 is 0 Å². The molecule has 5 rings (SSSR count). The van der Waals surface area contributed by atoms with E-state index in [2.05, 4.69) is 10.4 Å². The molecule has 0 radical (unpaired) electrons. The zero-order chi connectivity index (χ0) is 23.7. The third-order valence-corrected chi connectivity index (χ3v) is 5.96. The lowest BCUT2D eigenvalue weighted by Crippen LogP contribution is -2.20. The van der Waals surface area contributed by atoms with Gasteiger partial charge in [0.15, 0.2) is 5.78 Å². The summed E-state index contributed by atoms with van der Waals surface area (Å²) in [6.07, 6.45) is 5.42. The van der Waals surface area contributed by atoms with Crippen LogP contribution in [0.3, 0.4) is 0 Å². The maximum Gasteiger partial charge on any atom is 0.282 e. The zero-order valence-corrected chi connectivity index (χ0v) is 18.7. The minimum atomic E-state index is -0.389. The normalized spacial score (nSPS) is 15.5. The van der Waals surface area contributed by atoms with Crippen LogP contribution in [0.25, 0.3) is 16.9 Å². The summed E-state index contributed by atoms with van der Waals surface area (Å²) in [5.74, 6) is -0.438. The molecule has 3 aliphatic rings. The SMILES string of the molecule is CC(=O)c1ccc(NC(=O)c2cn(CC3CCCO3)cc3c(=O)n(-c4ccccc4)nc2-3)cc1. The molecule has 1 amide bonds. The van der Waals surface area contributed by atoms with Crippen molar-refractivity contribution in [3.63, 3.8) is 0 Å². The van der Waals surface area contributed by atoms with Gasteiger partial charge < -0.3 is 14.6 Å². The molecule has 0 spiro atoms. The highest BCUT2D eigenvalue weighted by Gasteiger charge is 2.26. The fourth-order valence-electron chi connectivity index (χ4n) is 4.19. The molecule has 1 fully saturated rings. The van der Waals surface area contributed by atoms with Crippen LogP contribution in [-0.4, -0.2) is 38.7 Å². The number of nitrogens with one attached hydrogen (secondary N) is 1. The maximum atomic E-state index is 13.3. The van der Waals surface area contributed by atoms with Gasteiger partial charge in [0.1, 0.15) is 5.69 Å². The van der Waals surface area contributed by atoms with Crippen LogP contribution < -0.4 is 10.9 Å². The summed E-state index contributed by atoms with van der Waals surface area (Å²) in [4.78, 5) is 38.1. The molecule has 0 bridgehead atoms. The van der Waals surface area contributed by atoms with E-state index in [-0.39, 0.29) is 28.9 Å². The van der Waals surface area contributed by atoms with Crippen LogP contribution >= 0.6 is 0 Å². The average Bonchev–Trinajstić information content (AvgIpc) is 3.47. The quantitative estimate of drug-likeness (QED) is 0.446. The summed E-state index contributed by atoms with van der Waals surface area (Å²) in [6, 6.07) is 15.8. The molecule has 0 saturated carbocycles. The number of pyridine rings is 1. The monoisotopic (exact) mass is 456 g/mol. The first-order valence-electron chi connectivity index (χ1n) is 11.2. The Kier molecular flexibility index (Phi) is 5.81. The number of anilines is 1. The van der Waals surface area contributed by atoms with E-state index in [0.717, 1.165) is 19.4 Å². The van der Waals surface area contributed by atoms with Crippen molar-refractivity contribution < 1.29 is 14.3 Å². The second-order valence-electron chi connectivity index (χ2n) is 8.41. The lowest BCUT2D eigenvalue weighted by atomic mass is 10.1. The number of ether oxygens (including phenoxy) is 1. The van der Waals surface area contributed by atoms with Crippen molar-refractivity contribution in [3.05, 3.63) is 88.5 Å². The summed E-state index contributed by atoms with van der Waals surface area (Å²) in [6.45, 7) is 2.75. The number of benzene rings is 2. The van der Waals surface area contributed by atoms with Crippen LogP contribution in [0.5, 0.6) is 0 Å². The predicted octanol–water partition coefficient (Wildman–Crippen LogP) is 3.77. The van der Waals surface area contributed by atoms with Crippen molar-refractivity contribution in [2.75, 3.05) is 11.9 Å². The van der Waals surface area contributed by atoms with Crippen LogP contribution in [0.2, 0.25) is 0 Å². The highest BCUT2D eigenvalue weighted by Crippen LogP contribution is 2.25. The standard InChI is InChI=1S/C26H24N4O4/c1-17(31)18-9-11-19(12-10-18)27-25(32)22-15-29(14-21-8-5-13-34-21)16-23-24(22)28-30(26(23)33)20-6-3-2-4-7-20/h2-4,6-7,9-12,15-16,21H,5,8,13-14H2,1H3,(H,27,32). The van der Waals surface area contributed by atoms with Gasteiger partial charge in [0.2, 0.25) is 0 Å². The second kappa shape index (κ2) is 9.07. The fourth-order valence-corrected chi connectivity index (χ4v) is 4.19. The van der Waals surface area contributed by atoms with Crippen LogP contribution in [-0.2, 0) is 11.3 Å². The minimum Gasteiger partial charge on any atom is -0.376 e. The van der Waals surface area contributed by atoms with Gasteiger partial charge in [-0.1, -0.05) is 18.2 Å². The largest absolute Gasteiger partial charge is 0.376 e. The number of aromatic nitrogens is 3. The molecule has 8 nitrogen and oxygen atoms in total. The molecule has 2 aromatic carbocycles. The second-order valence-corrected chi connectivity index (χ2v) is 8.41. The molecule has 172 valence electrons. The molecule has 1 atom stereocenters. The lowest BCUT2D eigenvalue weighted by Gasteiger charge is -2.16. The smallest absolute Gasteiger partial charge is 0.282 e. The third kappa shape index (κ3) is 4.27. The number of carbonyl (C=O) groups is 2. The van der Waals surface area contributed by atoms with Gasteiger partial charge in [-0.2, -0.15) is 9.78 Å². The van der Waals surface area contributed by atoms with Crippen molar-refractivity contribution in [1.82, 2.24) is 14.3 Å². The van der Waals surface area contributed by atoms with Gasteiger partial charge in [-0.25, -0.2) is 0 Å². The van der Waals surface area contributed by atoms with E-state index in [1.807, 2.05) is 22.8 Å². The van der Waals surface area contributed by atoms with Crippen LogP contribution in [0, 0.1) is 0 Å². The molecule has 1 N–H and O–H groups in total. The molecule has 8 heteroatoms. The maximum absolute atomic E-state index is 13.3. The average molecular weight is 457 g/mol. The first-order valence-corrected chi connectivity index (χ1v) is 11.2. The van der Waals surface area contributed by atoms with E-state index in [1.165, 1.54) is 11.6 Å². The van der Waals surface area contributed by atoms with Gasteiger partial charge in [0.05, 0.1) is 22.9 Å². The number of hydrogen-bond acceptors (Lipinski definition) is 5. The molecule has 3 aliphatic heterocycles. The molecule has 0 aromatic heterocycles. The predicted molar refractivity (Wildman–Crippen MR) is 128 cm³/mol. The number of nitrogens with zero attached hydrogens (tertiary/aromatic N) is 3. The Morgan fingerprint density at radius 1 is 1.09 bits per heavy atom.